The number of nitrogens with one attached hydrogen (secondary N) is 2. The lowest BCUT2D eigenvalue weighted by molar-refractivity contribution is -0.123. The maximum atomic E-state index is 11.7. The van der Waals surface area contributed by atoms with Crippen LogP contribution in [0, 0.1) is 0 Å². The Balaban J connectivity index is 2.67. The van der Waals surface area contributed by atoms with Gasteiger partial charge in [-0.15, -0.1) is 0 Å². The number of rotatable bonds is 5. The fourth-order valence-corrected chi connectivity index (χ4v) is 1.43. The molecule has 0 radical (unpaired) electrons. The zero-order valence-corrected chi connectivity index (χ0v) is 12.0. The predicted molar refractivity (Wildman–Crippen MR) is 77.5 cm³/mol. The Morgan fingerprint density at radius 1 is 1.20 bits per heavy atom. The zero-order valence-electron chi connectivity index (χ0n) is 12.0. The molecule has 110 valence electrons. The second-order valence-electron chi connectivity index (χ2n) is 5.24. The summed E-state index contributed by atoms with van der Waals surface area (Å²) in [5.41, 5.74) is 5.34. The standard InChI is InChI=1S/C14H21N3O3/c1-14(2,3)20-11-7-5-4-6-10(11)17-13(19)9-16-12(18)8-15/h4-7H,8-9,15H2,1-3H3,(H,16,18)(H,17,19). The molecule has 0 aromatic heterocycles. The van der Waals surface area contributed by atoms with Gasteiger partial charge in [0.25, 0.3) is 0 Å². The maximum absolute atomic E-state index is 11.7. The molecule has 0 aliphatic carbocycles. The first-order valence-electron chi connectivity index (χ1n) is 6.36. The van der Waals surface area contributed by atoms with Crippen LogP contribution in [0.1, 0.15) is 20.8 Å². The first kappa shape index (κ1) is 16.0. The van der Waals surface area contributed by atoms with Crippen molar-refractivity contribution in [1.82, 2.24) is 5.32 Å². The van der Waals surface area contributed by atoms with E-state index in [2.05, 4.69) is 10.6 Å². The van der Waals surface area contributed by atoms with Crippen LogP contribution in [-0.2, 0) is 9.59 Å². The molecule has 0 atom stereocenters. The van der Waals surface area contributed by atoms with Gasteiger partial charge in [0.1, 0.15) is 11.4 Å². The van der Waals surface area contributed by atoms with Crippen LogP contribution >= 0.6 is 0 Å². The van der Waals surface area contributed by atoms with Crippen LogP contribution in [0.5, 0.6) is 5.75 Å². The number of hydrogen-bond donors (Lipinski definition) is 3. The average Bonchev–Trinajstić information content (AvgIpc) is 2.36. The van der Waals surface area contributed by atoms with Crippen molar-refractivity contribution in [3.8, 4) is 5.75 Å². The highest BCUT2D eigenvalue weighted by Crippen LogP contribution is 2.27. The highest BCUT2D eigenvalue weighted by Gasteiger charge is 2.15. The van der Waals surface area contributed by atoms with E-state index in [0.717, 1.165) is 0 Å². The molecule has 0 spiro atoms. The van der Waals surface area contributed by atoms with Gasteiger partial charge in [-0.3, -0.25) is 9.59 Å². The Kier molecular flexibility index (Phi) is 5.52. The molecule has 0 heterocycles. The number of hydrogen-bond acceptors (Lipinski definition) is 4. The van der Waals surface area contributed by atoms with Gasteiger partial charge in [-0.1, -0.05) is 12.1 Å². The van der Waals surface area contributed by atoms with Crippen LogP contribution in [0.4, 0.5) is 5.69 Å². The molecule has 0 aliphatic heterocycles. The third-order valence-corrected chi connectivity index (χ3v) is 2.21. The summed E-state index contributed by atoms with van der Waals surface area (Å²) in [4.78, 5) is 22.7. The Bertz CT molecular complexity index is 481. The maximum Gasteiger partial charge on any atom is 0.243 e. The van der Waals surface area contributed by atoms with Crippen LogP contribution < -0.4 is 21.1 Å². The minimum absolute atomic E-state index is 0.125. The molecular formula is C14H21N3O3. The SMILES string of the molecule is CC(C)(C)Oc1ccccc1NC(=O)CNC(=O)CN. The quantitative estimate of drug-likeness (QED) is 0.745. The van der Waals surface area contributed by atoms with E-state index in [1.54, 1.807) is 18.2 Å². The Labute approximate surface area is 118 Å². The summed E-state index contributed by atoms with van der Waals surface area (Å²) in [5, 5.41) is 5.10. The van der Waals surface area contributed by atoms with Gasteiger partial charge < -0.3 is 21.1 Å². The molecule has 0 saturated carbocycles. The topological polar surface area (TPSA) is 93.5 Å². The third-order valence-electron chi connectivity index (χ3n) is 2.21. The minimum Gasteiger partial charge on any atom is -0.486 e. The van der Waals surface area contributed by atoms with Gasteiger partial charge in [0, 0.05) is 0 Å². The summed E-state index contributed by atoms with van der Waals surface area (Å²) in [5.74, 6) is -0.130. The molecule has 6 nitrogen and oxygen atoms in total. The van der Waals surface area contributed by atoms with E-state index in [1.165, 1.54) is 0 Å². The fraction of sp³-hybridized carbons (Fsp3) is 0.429. The van der Waals surface area contributed by atoms with Crippen LogP contribution in [-0.4, -0.2) is 30.5 Å². The molecule has 0 unspecified atom stereocenters. The van der Waals surface area contributed by atoms with Crippen LogP contribution in [0.15, 0.2) is 24.3 Å². The Hall–Kier alpha value is -2.08. The van der Waals surface area contributed by atoms with Crippen molar-refractivity contribution in [2.24, 2.45) is 5.73 Å². The summed E-state index contributed by atoms with van der Waals surface area (Å²) in [6.45, 7) is 5.50. The number of amides is 2. The molecule has 0 bridgehead atoms. The average molecular weight is 279 g/mol. The molecular weight excluding hydrogens is 258 g/mol. The van der Waals surface area contributed by atoms with Crippen molar-refractivity contribution in [3.05, 3.63) is 24.3 Å². The van der Waals surface area contributed by atoms with E-state index < -0.39 is 0 Å². The number of carbonyl (C=O) groups is 2. The van der Waals surface area contributed by atoms with Crippen molar-refractivity contribution >= 4 is 17.5 Å². The van der Waals surface area contributed by atoms with E-state index >= 15 is 0 Å². The Morgan fingerprint density at radius 3 is 2.45 bits per heavy atom. The number of ether oxygens (including phenoxy) is 1. The molecule has 0 fully saturated rings. The van der Waals surface area contributed by atoms with Gasteiger partial charge in [0.2, 0.25) is 11.8 Å². The monoisotopic (exact) mass is 279 g/mol. The zero-order chi connectivity index (χ0) is 15.2. The first-order chi connectivity index (χ1) is 9.31. The van der Waals surface area contributed by atoms with E-state index in [9.17, 15) is 9.59 Å². The summed E-state index contributed by atoms with van der Waals surface area (Å²) < 4.78 is 5.76. The lowest BCUT2D eigenvalue weighted by Gasteiger charge is -2.23. The third kappa shape index (κ3) is 5.71. The highest BCUT2D eigenvalue weighted by molar-refractivity contribution is 5.95. The minimum atomic E-state index is -0.376. The van der Waals surface area contributed by atoms with Gasteiger partial charge in [-0.2, -0.15) is 0 Å². The van der Waals surface area contributed by atoms with Gasteiger partial charge >= 0.3 is 0 Å². The summed E-state index contributed by atoms with van der Waals surface area (Å²) >= 11 is 0. The Morgan fingerprint density at radius 2 is 1.85 bits per heavy atom. The van der Waals surface area contributed by atoms with Crippen molar-refractivity contribution in [2.45, 2.75) is 26.4 Å². The van der Waals surface area contributed by atoms with Gasteiger partial charge in [0.15, 0.2) is 0 Å². The molecule has 1 aromatic rings. The smallest absolute Gasteiger partial charge is 0.243 e. The normalized spacial score (nSPS) is 10.8. The van der Waals surface area contributed by atoms with Crippen molar-refractivity contribution < 1.29 is 14.3 Å². The summed E-state index contributed by atoms with van der Waals surface area (Å²) in [6, 6.07) is 7.14. The molecule has 6 heteroatoms. The van der Waals surface area contributed by atoms with Crippen LogP contribution in [0.3, 0.4) is 0 Å². The number of nitrogens with two attached hydrogens (primary N) is 1. The molecule has 20 heavy (non-hydrogen) atoms. The second-order valence-corrected chi connectivity index (χ2v) is 5.24. The lowest BCUT2D eigenvalue weighted by atomic mass is 10.2. The van der Waals surface area contributed by atoms with Crippen molar-refractivity contribution in [3.63, 3.8) is 0 Å². The van der Waals surface area contributed by atoms with Crippen LogP contribution in [0.25, 0.3) is 0 Å². The highest BCUT2D eigenvalue weighted by atomic mass is 16.5. The fourth-order valence-electron chi connectivity index (χ4n) is 1.43. The lowest BCUT2D eigenvalue weighted by Crippen LogP contribution is -2.36. The van der Waals surface area contributed by atoms with Crippen molar-refractivity contribution in [1.29, 1.82) is 0 Å². The molecule has 1 aromatic carbocycles. The molecule has 0 aliphatic rings. The largest absolute Gasteiger partial charge is 0.486 e. The number of benzene rings is 1. The number of anilines is 1. The van der Waals surface area contributed by atoms with Crippen LogP contribution in [0.2, 0.25) is 0 Å². The summed E-state index contributed by atoms with van der Waals surface area (Å²) in [6.07, 6.45) is 0. The van der Waals surface area contributed by atoms with E-state index in [0.29, 0.717) is 11.4 Å². The second kappa shape index (κ2) is 6.91. The number of para-hydroxylation sites is 2. The first-order valence-corrected chi connectivity index (χ1v) is 6.36. The van der Waals surface area contributed by atoms with Gasteiger partial charge in [0.05, 0.1) is 18.8 Å². The van der Waals surface area contributed by atoms with Gasteiger partial charge in [-0.05, 0) is 32.9 Å². The molecule has 1 rings (SSSR count). The molecule has 2 amide bonds. The molecule has 0 saturated heterocycles. The van der Waals surface area contributed by atoms with Crippen molar-refractivity contribution in [2.75, 3.05) is 18.4 Å². The van der Waals surface area contributed by atoms with Gasteiger partial charge in [-0.25, -0.2) is 0 Å². The molecule has 4 N–H and O–H groups in total. The van der Waals surface area contributed by atoms with E-state index in [4.69, 9.17) is 10.5 Å². The summed E-state index contributed by atoms with van der Waals surface area (Å²) in [7, 11) is 0. The number of carbonyl (C=O) groups excluding carboxylic acids is 2. The predicted octanol–water partition coefficient (Wildman–Crippen LogP) is 0.877. The van der Waals surface area contributed by atoms with E-state index in [-0.39, 0.29) is 30.5 Å². The van der Waals surface area contributed by atoms with E-state index in [1.807, 2.05) is 26.8 Å².